The number of carbonyl (C=O) groups is 1. The van der Waals surface area contributed by atoms with Crippen molar-refractivity contribution in [3.8, 4) is 0 Å². The lowest BCUT2D eigenvalue weighted by molar-refractivity contribution is -0.122. The van der Waals surface area contributed by atoms with Gasteiger partial charge in [0.2, 0.25) is 15.9 Å². The maximum absolute atomic E-state index is 13.1. The van der Waals surface area contributed by atoms with Crippen molar-refractivity contribution in [2.24, 2.45) is 0 Å². The summed E-state index contributed by atoms with van der Waals surface area (Å²) in [6.45, 7) is 3.17. The van der Waals surface area contributed by atoms with E-state index in [1.54, 1.807) is 19.1 Å². The summed E-state index contributed by atoms with van der Waals surface area (Å²) in [7, 11) is -3.83. The van der Waals surface area contributed by atoms with Crippen molar-refractivity contribution < 1.29 is 17.6 Å². The molecule has 146 valence electrons. The summed E-state index contributed by atoms with van der Waals surface area (Å²) in [4.78, 5) is 12.7. The zero-order valence-corrected chi connectivity index (χ0v) is 17.2. The standard InChI is InChI=1S/C18H19Cl2FN2O3S/c1-11(13-4-7-15(21)8-5-13)22-18(24)12(2)23(27(3,25)26)17-10-14(19)6-9-16(17)20/h4-12H,1-3H3,(H,22,24)/t11-,12-/m1/s1. The highest BCUT2D eigenvalue weighted by atomic mass is 35.5. The van der Waals surface area contributed by atoms with Crippen molar-refractivity contribution in [1.82, 2.24) is 5.32 Å². The van der Waals surface area contributed by atoms with E-state index in [1.165, 1.54) is 37.3 Å². The quantitative estimate of drug-likeness (QED) is 0.744. The van der Waals surface area contributed by atoms with Gasteiger partial charge in [-0.1, -0.05) is 35.3 Å². The van der Waals surface area contributed by atoms with Crippen molar-refractivity contribution in [3.05, 3.63) is 63.9 Å². The zero-order chi connectivity index (χ0) is 20.4. The fourth-order valence-electron chi connectivity index (χ4n) is 2.60. The monoisotopic (exact) mass is 432 g/mol. The lowest BCUT2D eigenvalue weighted by Gasteiger charge is -2.30. The molecule has 0 radical (unpaired) electrons. The second kappa shape index (κ2) is 8.46. The van der Waals surface area contributed by atoms with Crippen molar-refractivity contribution in [2.45, 2.75) is 25.9 Å². The van der Waals surface area contributed by atoms with Crippen LogP contribution >= 0.6 is 23.2 Å². The molecule has 2 atom stereocenters. The average molecular weight is 433 g/mol. The Morgan fingerprint density at radius 3 is 2.26 bits per heavy atom. The van der Waals surface area contributed by atoms with Gasteiger partial charge in [-0.2, -0.15) is 0 Å². The maximum atomic E-state index is 13.1. The third-order valence-electron chi connectivity index (χ3n) is 3.96. The van der Waals surface area contributed by atoms with Gasteiger partial charge in [-0.3, -0.25) is 9.10 Å². The van der Waals surface area contributed by atoms with E-state index in [0.717, 1.165) is 10.6 Å². The van der Waals surface area contributed by atoms with Crippen LogP contribution < -0.4 is 9.62 Å². The molecule has 5 nitrogen and oxygen atoms in total. The summed E-state index contributed by atoms with van der Waals surface area (Å²) in [5.41, 5.74) is 0.799. The number of anilines is 1. The summed E-state index contributed by atoms with van der Waals surface area (Å²) in [5.74, 6) is -0.919. The fraction of sp³-hybridized carbons (Fsp3) is 0.278. The molecule has 0 unspecified atom stereocenters. The van der Waals surface area contributed by atoms with E-state index >= 15 is 0 Å². The summed E-state index contributed by atoms with van der Waals surface area (Å²) >= 11 is 12.1. The first-order valence-electron chi connectivity index (χ1n) is 8.01. The summed E-state index contributed by atoms with van der Waals surface area (Å²) < 4.78 is 38.7. The van der Waals surface area contributed by atoms with Gasteiger partial charge in [-0.25, -0.2) is 12.8 Å². The normalized spacial score (nSPS) is 13.7. The molecule has 0 bridgehead atoms. The Labute approximate surface area is 168 Å². The fourth-order valence-corrected chi connectivity index (χ4v) is 4.21. The molecule has 27 heavy (non-hydrogen) atoms. The Bertz CT molecular complexity index is 936. The predicted octanol–water partition coefficient (Wildman–Crippen LogP) is 4.16. The van der Waals surface area contributed by atoms with E-state index in [-0.39, 0.29) is 21.5 Å². The third-order valence-corrected chi connectivity index (χ3v) is 5.75. The molecule has 0 aromatic heterocycles. The van der Waals surface area contributed by atoms with Crippen molar-refractivity contribution in [2.75, 3.05) is 10.6 Å². The number of sulfonamides is 1. The molecule has 2 aromatic rings. The second-order valence-corrected chi connectivity index (χ2v) is 8.82. The predicted molar refractivity (Wildman–Crippen MR) is 106 cm³/mol. The highest BCUT2D eigenvalue weighted by Gasteiger charge is 2.31. The Morgan fingerprint density at radius 2 is 1.70 bits per heavy atom. The first-order valence-corrected chi connectivity index (χ1v) is 10.6. The lowest BCUT2D eigenvalue weighted by Crippen LogP contribution is -2.48. The molecule has 0 heterocycles. The minimum atomic E-state index is -3.83. The maximum Gasteiger partial charge on any atom is 0.244 e. The molecule has 0 aliphatic carbocycles. The van der Waals surface area contributed by atoms with Gasteiger partial charge in [0, 0.05) is 5.02 Å². The average Bonchev–Trinajstić information content (AvgIpc) is 2.57. The molecule has 0 saturated carbocycles. The number of amides is 1. The third kappa shape index (κ3) is 5.34. The van der Waals surface area contributed by atoms with Gasteiger partial charge in [-0.05, 0) is 49.7 Å². The molecule has 2 aromatic carbocycles. The van der Waals surface area contributed by atoms with Gasteiger partial charge in [-0.15, -0.1) is 0 Å². The van der Waals surface area contributed by atoms with Crippen molar-refractivity contribution in [3.63, 3.8) is 0 Å². The van der Waals surface area contributed by atoms with Gasteiger partial charge in [0.15, 0.2) is 0 Å². The number of nitrogens with one attached hydrogen (secondary N) is 1. The first kappa shape index (κ1) is 21.5. The summed E-state index contributed by atoms with van der Waals surface area (Å²) in [6, 6.07) is 8.51. The number of hydrogen-bond donors (Lipinski definition) is 1. The molecule has 1 N–H and O–H groups in total. The van der Waals surface area contributed by atoms with E-state index in [0.29, 0.717) is 5.56 Å². The molecule has 9 heteroatoms. The van der Waals surface area contributed by atoms with Crippen LogP contribution in [-0.2, 0) is 14.8 Å². The first-order chi connectivity index (χ1) is 12.5. The summed E-state index contributed by atoms with van der Waals surface area (Å²) in [5, 5.41) is 3.16. The molecule has 0 aliphatic heterocycles. The Balaban J connectivity index is 2.30. The zero-order valence-electron chi connectivity index (χ0n) is 14.9. The number of carbonyl (C=O) groups excluding carboxylic acids is 1. The number of benzene rings is 2. The summed E-state index contributed by atoms with van der Waals surface area (Å²) in [6.07, 6.45) is 0.984. The van der Waals surface area contributed by atoms with Gasteiger partial charge < -0.3 is 5.32 Å². The largest absolute Gasteiger partial charge is 0.348 e. The Morgan fingerprint density at radius 1 is 1.11 bits per heavy atom. The Kier molecular flexibility index (Phi) is 6.72. The van der Waals surface area contributed by atoms with Crippen molar-refractivity contribution >= 4 is 44.8 Å². The van der Waals surface area contributed by atoms with Gasteiger partial charge in [0.25, 0.3) is 0 Å². The van der Waals surface area contributed by atoms with E-state index in [4.69, 9.17) is 23.2 Å². The molecule has 1 amide bonds. The van der Waals surface area contributed by atoms with Crippen LogP contribution in [0.4, 0.5) is 10.1 Å². The second-order valence-electron chi connectivity index (χ2n) is 6.11. The molecular formula is C18H19Cl2FN2O3S. The van der Waals surface area contributed by atoms with Crippen LogP contribution in [0.15, 0.2) is 42.5 Å². The van der Waals surface area contributed by atoms with E-state index in [9.17, 15) is 17.6 Å². The van der Waals surface area contributed by atoms with Crippen molar-refractivity contribution in [1.29, 1.82) is 0 Å². The number of nitrogens with zero attached hydrogens (tertiary/aromatic N) is 1. The number of rotatable bonds is 6. The van der Waals surface area contributed by atoms with E-state index < -0.39 is 28.0 Å². The van der Waals surface area contributed by atoms with Crippen LogP contribution in [0.5, 0.6) is 0 Å². The van der Waals surface area contributed by atoms with Crippen LogP contribution in [0.1, 0.15) is 25.5 Å². The van der Waals surface area contributed by atoms with Gasteiger partial charge in [0.1, 0.15) is 11.9 Å². The van der Waals surface area contributed by atoms with E-state index in [1.807, 2.05) is 0 Å². The topological polar surface area (TPSA) is 66.5 Å². The number of halogens is 3. The molecule has 0 spiro atoms. The number of hydrogen-bond acceptors (Lipinski definition) is 3. The minimum Gasteiger partial charge on any atom is -0.348 e. The minimum absolute atomic E-state index is 0.115. The van der Waals surface area contributed by atoms with Crippen LogP contribution in [0.2, 0.25) is 10.0 Å². The molecule has 0 saturated heterocycles. The highest BCUT2D eigenvalue weighted by Crippen LogP contribution is 2.32. The SMILES string of the molecule is C[C@H](C(=O)N[C@H](C)c1ccc(F)cc1)N(c1cc(Cl)ccc1Cl)S(C)(=O)=O. The molecule has 0 fully saturated rings. The molecule has 0 aliphatic rings. The smallest absolute Gasteiger partial charge is 0.244 e. The van der Waals surface area contributed by atoms with Gasteiger partial charge >= 0.3 is 0 Å². The molecular weight excluding hydrogens is 414 g/mol. The molecule has 2 rings (SSSR count). The highest BCUT2D eigenvalue weighted by molar-refractivity contribution is 7.92. The van der Waals surface area contributed by atoms with Crippen LogP contribution in [0, 0.1) is 5.82 Å². The van der Waals surface area contributed by atoms with Gasteiger partial charge in [0.05, 0.1) is 23.0 Å². The van der Waals surface area contributed by atoms with Crippen LogP contribution in [0.3, 0.4) is 0 Å². The Hall–Kier alpha value is -1.83. The van der Waals surface area contributed by atoms with Crippen LogP contribution in [0.25, 0.3) is 0 Å². The van der Waals surface area contributed by atoms with Crippen LogP contribution in [-0.4, -0.2) is 26.6 Å². The lowest BCUT2D eigenvalue weighted by atomic mass is 10.1. The van der Waals surface area contributed by atoms with E-state index in [2.05, 4.69) is 5.32 Å².